The Bertz CT molecular complexity index is 149. The van der Waals surface area contributed by atoms with Gasteiger partial charge in [0.15, 0.2) is 0 Å². The molecule has 0 saturated carbocycles. The fraction of sp³-hybridized carbons (Fsp3) is 1.00. The van der Waals surface area contributed by atoms with Gasteiger partial charge in [-0.15, -0.1) is 0 Å². The minimum Gasteiger partial charge on any atom is -0.394 e. The summed E-state index contributed by atoms with van der Waals surface area (Å²) in [7, 11) is 0. The third-order valence-corrected chi connectivity index (χ3v) is 3.67. The fourth-order valence-corrected chi connectivity index (χ4v) is 2.22. The Morgan fingerprint density at radius 3 is 1.83 bits per heavy atom. The number of unbranched alkanes of at least 4 members (excludes halogenated alkanes) is 9. The van der Waals surface area contributed by atoms with Crippen LogP contribution in [0.5, 0.6) is 0 Å². The second kappa shape index (κ2) is 15.3. The van der Waals surface area contributed by atoms with Crippen LogP contribution >= 0.6 is 12.6 Å². The molecule has 0 aliphatic rings. The van der Waals surface area contributed by atoms with Gasteiger partial charge in [-0.25, -0.2) is 0 Å². The van der Waals surface area contributed by atoms with E-state index in [-0.39, 0.29) is 12.7 Å². The highest BCUT2D eigenvalue weighted by atomic mass is 32.1. The van der Waals surface area contributed by atoms with Crippen LogP contribution in [0.4, 0.5) is 0 Å². The lowest BCUT2D eigenvalue weighted by atomic mass is 10.1. The number of thiol groups is 1. The topological polar surface area (TPSA) is 29.5 Å². The van der Waals surface area contributed by atoms with Crippen molar-refractivity contribution in [2.24, 2.45) is 0 Å². The van der Waals surface area contributed by atoms with E-state index in [1.807, 2.05) is 0 Å². The van der Waals surface area contributed by atoms with Crippen molar-refractivity contribution in [2.75, 3.05) is 19.0 Å². The average molecular weight is 276 g/mol. The van der Waals surface area contributed by atoms with Crippen molar-refractivity contribution >= 4 is 12.6 Å². The van der Waals surface area contributed by atoms with Gasteiger partial charge in [-0.1, -0.05) is 64.7 Å². The molecule has 18 heavy (non-hydrogen) atoms. The first-order chi connectivity index (χ1) is 8.85. The van der Waals surface area contributed by atoms with Gasteiger partial charge in [-0.05, 0) is 6.42 Å². The number of ether oxygens (including phenoxy) is 1. The highest BCUT2D eigenvalue weighted by Gasteiger charge is 2.03. The molecule has 110 valence electrons. The predicted octanol–water partition coefficient (Wildman–Crippen LogP) is 4.21. The molecule has 1 N–H and O–H groups in total. The largest absolute Gasteiger partial charge is 0.394 e. The molecular formula is C15H32O2S. The van der Waals surface area contributed by atoms with Crippen LogP contribution in [-0.4, -0.2) is 30.2 Å². The van der Waals surface area contributed by atoms with Crippen LogP contribution in [0.15, 0.2) is 0 Å². The van der Waals surface area contributed by atoms with E-state index in [9.17, 15) is 0 Å². The van der Waals surface area contributed by atoms with Crippen molar-refractivity contribution in [3.05, 3.63) is 0 Å². The average Bonchev–Trinajstić information content (AvgIpc) is 2.40. The lowest BCUT2D eigenvalue weighted by Gasteiger charge is -2.12. The molecule has 0 amide bonds. The van der Waals surface area contributed by atoms with Crippen molar-refractivity contribution < 1.29 is 9.84 Å². The third kappa shape index (κ3) is 12.7. The Labute approximate surface area is 119 Å². The Kier molecular flexibility index (Phi) is 15.6. The van der Waals surface area contributed by atoms with Gasteiger partial charge in [0, 0.05) is 12.4 Å². The summed E-state index contributed by atoms with van der Waals surface area (Å²) in [5, 5.41) is 8.91. The molecule has 0 aromatic heterocycles. The van der Waals surface area contributed by atoms with Crippen LogP contribution in [0.3, 0.4) is 0 Å². The smallest absolute Gasteiger partial charge is 0.0893 e. The number of aliphatic hydroxyl groups is 1. The fourth-order valence-electron chi connectivity index (χ4n) is 2.00. The number of rotatable bonds is 14. The van der Waals surface area contributed by atoms with Gasteiger partial charge in [0.25, 0.3) is 0 Å². The van der Waals surface area contributed by atoms with E-state index in [1.54, 1.807) is 0 Å². The van der Waals surface area contributed by atoms with Crippen LogP contribution in [0.2, 0.25) is 0 Å². The zero-order valence-electron chi connectivity index (χ0n) is 12.1. The molecule has 2 nitrogen and oxygen atoms in total. The molecular weight excluding hydrogens is 244 g/mol. The zero-order chi connectivity index (χ0) is 13.5. The lowest BCUT2D eigenvalue weighted by Crippen LogP contribution is -2.19. The molecule has 0 aromatic carbocycles. The van der Waals surface area contributed by atoms with E-state index in [2.05, 4.69) is 19.6 Å². The van der Waals surface area contributed by atoms with Crippen LogP contribution in [0.25, 0.3) is 0 Å². The summed E-state index contributed by atoms with van der Waals surface area (Å²) < 4.78 is 5.49. The summed E-state index contributed by atoms with van der Waals surface area (Å²) in [6.45, 7) is 3.11. The van der Waals surface area contributed by atoms with Gasteiger partial charge in [0.05, 0.1) is 12.7 Å². The predicted molar refractivity (Wildman–Crippen MR) is 82.5 cm³/mol. The molecule has 0 aliphatic carbocycles. The van der Waals surface area contributed by atoms with Crippen LogP contribution in [0, 0.1) is 0 Å². The normalized spacial score (nSPS) is 12.8. The number of aliphatic hydroxyl groups excluding tert-OH is 1. The summed E-state index contributed by atoms with van der Waals surface area (Å²) in [5.41, 5.74) is 0. The summed E-state index contributed by atoms with van der Waals surface area (Å²) in [4.78, 5) is 0. The SMILES string of the molecule is CCCCCCCCCCCCOC(CO)CS. The van der Waals surface area contributed by atoms with Gasteiger partial charge in [-0.2, -0.15) is 12.6 Å². The Balaban J connectivity index is 3.03. The molecule has 0 bridgehead atoms. The Hall–Kier alpha value is 0.270. The van der Waals surface area contributed by atoms with Crippen molar-refractivity contribution in [2.45, 2.75) is 77.2 Å². The van der Waals surface area contributed by atoms with Gasteiger partial charge in [0.2, 0.25) is 0 Å². The first-order valence-corrected chi connectivity index (χ1v) is 8.31. The highest BCUT2D eigenvalue weighted by molar-refractivity contribution is 7.80. The molecule has 0 saturated heterocycles. The molecule has 0 radical (unpaired) electrons. The van der Waals surface area contributed by atoms with E-state index >= 15 is 0 Å². The zero-order valence-corrected chi connectivity index (χ0v) is 13.0. The molecule has 0 aromatic rings. The summed E-state index contributed by atoms with van der Waals surface area (Å²) in [6, 6.07) is 0. The standard InChI is InChI=1S/C15H32O2S/c1-2-3-4-5-6-7-8-9-10-11-12-17-15(13-16)14-18/h15-16,18H,2-14H2,1H3. The maximum Gasteiger partial charge on any atom is 0.0893 e. The molecule has 0 fully saturated rings. The molecule has 0 aliphatic heterocycles. The van der Waals surface area contributed by atoms with Gasteiger partial charge >= 0.3 is 0 Å². The van der Waals surface area contributed by atoms with E-state index in [1.165, 1.54) is 57.8 Å². The van der Waals surface area contributed by atoms with Crippen molar-refractivity contribution in [3.8, 4) is 0 Å². The first-order valence-electron chi connectivity index (χ1n) is 7.68. The van der Waals surface area contributed by atoms with Gasteiger partial charge < -0.3 is 9.84 Å². The van der Waals surface area contributed by atoms with Crippen LogP contribution in [-0.2, 0) is 4.74 Å². The van der Waals surface area contributed by atoms with Crippen molar-refractivity contribution in [1.82, 2.24) is 0 Å². The van der Waals surface area contributed by atoms with Gasteiger partial charge in [-0.3, -0.25) is 0 Å². The summed E-state index contributed by atoms with van der Waals surface area (Å²) >= 11 is 4.12. The molecule has 0 heterocycles. The second-order valence-corrected chi connectivity index (χ2v) is 5.41. The molecule has 0 rings (SSSR count). The molecule has 1 unspecified atom stereocenters. The van der Waals surface area contributed by atoms with Crippen molar-refractivity contribution in [3.63, 3.8) is 0 Å². The van der Waals surface area contributed by atoms with E-state index in [0.717, 1.165) is 13.0 Å². The van der Waals surface area contributed by atoms with Crippen LogP contribution < -0.4 is 0 Å². The van der Waals surface area contributed by atoms with Gasteiger partial charge in [0.1, 0.15) is 0 Å². The summed E-state index contributed by atoms with van der Waals surface area (Å²) in [5.74, 6) is 0.605. The maximum absolute atomic E-state index is 8.91. The Morgan fingerprint density at radius 1 is 0.889 bits per heavy atom. The van der Waals surface area contributed by atoms with E-state index in [0.29, 0.717) is 5.75 Å². The lowest BCUT2D eigenvalue weighted by molar-refractivity contribution is 0.0262. The third-order valence-electron chi connectivity index (χ3n) is 3.26. The van der Waals surface area contributed by atoms with E-state index in [4.69, 9.17) is 9.84 Å². The maximum atomic E-state index is 8.91. The monoisotopic (exact) mass is 276 g/mol. The quantitative estimate of drug-likeness (QED) is 0.367. The number of hydrogen-bond donors (Lipinski definition) is 2. The van der Waals surface area contributed by atoms with Crippen LogP contribution in [0.1, 0.15) is 71.1 Å². The first kappa shape index (κ1) is 18.3. The summed E-state index contributed by atoms with van der Waals surface area (Å²) in [6.07, 6.45) is 13.3. The molecule has 3 heteroatoms. The minimum atomic E-state index is -0.0769. The highest BCUT2D eigenvalue weighted by Crippen LogP contribution is 2.10. The minimum absolute atomic E-state index is 0.0769. The van der Waals surface area contributed by atoms with Crippen molar-refractivity contribution in [1.29, 1.82) is 0 Å². The Morgan fingerprint density at radius 2 is 1.39 bits per heavy atom. The number of hydrogen-bond acceptors (Lipinski definition) is 3. The van der Waals surface area contributed by atoms with E-state index < -0.39 is 0 Å². The second-order valence-electron chi connectivity index (χ2n) is 5.04. The molecule has 0 spiro atoms. The molecule has 1 atom stereocenters.